The number of fused-ring (bicyclic) bond motifs is 1. The van der Waals surface area contributed by atoms with Crippen LogP contribution in [-0.2, 0) is 0 Å². The van der Waals surface area contributed by atoms with Gasteiger partial charge in [0.1, 0.15) is 4.99 Å². The van der Waals surface area contributed by atoms with Gasteiger partial charge in [0.25, 0.3) is 0 Å². The van der Waals surface area contributed by atoms with Gasteiger partial charge in [-0.3, -0.25) is 0 Å². The quantitative estimate of drug-likeness (QED) is 0.716. The molecule has 3 aromatic rings. The number of tetrazole rings is 1. The number of benzene rings is 1. The van der Waals surface area contributed by atoms with Crippen LogP contribution in [0.1, 0.15) is 5.56 Å². The van der Waals surface area contributed by atoms with Crippen LogP contribution < -0.4 is 10.6 Å². The molecule has 8 heteroatoms. The van der Waals surface area contributed by atoms with Crippen LogP contribution in [0.25, 0.3) is 5.65 Å². The fourth-order valence-electron chi connectivity index (χ4n) is 1.80. The Balaban J connectivity index is 1.94. The predicted octanol–water partition coefficient (Wildman–Crippen LogP) is 0.921. The van der Waals surface area contributed by atoms with Crippen LogP contribution in [0.3, 0.4) is 0 Å². The Labute approximate surface area is 120 Å². The molecule has 0 radical (unpaired) electrons. The lowest BCUT2D eigenvalue weighted by Crippen LogP contribution is -2.14. The first-order valence-electron chi connectivity index (χ1n) is 5.84. The van der Waals surface area contributed by atoms with E-state index in [0.29, 0.717) is 10.6 Å². The second kappa shape index (κ2) is 4.82. The summed E-state index contributed by atoms with van der Waals surface area (Å²) < 4.78 is 1.38. The lowest BCUT2D eigenvalue weighted by Gasteiger charge is -2.18. The van der Waals surface area contributed by atoms with E-state index in [1.165, 1.54) is 4.63 Å². The molecular formula is C12H11N7S. The number of nitrogens with zero attached hydrogens (tertiary/aromatic N) is 6. The Morgan fingerprint density at radius 2 is 1.95 bits per heavy atom. The second-order valence-electron chi connectivity index (χ2n) is 4.19. The van der Waals surface area contributed by atoms with Crippen molar-refractivity contribution in [2.75, 3.05) is 11.9 Å². The van der Waals surface area contributed by atoms with Crippen molar-refractivity contribution >= 4 is 34.4 Å². The largest absolute Gasteiger partial charge is 0.389 e. The van der Waals surface area contributed by atoms with Crippen molar-refractivity contribution in [2.24, 2.45) is 5.73 Å². The molecule has 20 heavy (non-hydrogen) atoms. The van der Waals surface area contributed by atoms with Gasteiger partial charge in [-0.15, -0.1) is 14.8 Å². The van der Waals surface area contributed by atoms with Crippen molar-refractivity contribution in [1.82, 2.24) is 25.3 Å². The van der Waals surface area contributed by atoms with Gasteiger partial charge in [0, 0.05) is 18.3 Å². The number of anilines is 2. The van der Waals surface area contributed by atoms with Crippen LogP contribution in [0.4, 0.5) is 11.5 Å². The molecule has 2 heterocycles. The maximum absolute atomic E-state index is 5.58. The molecule has 100 valence electrons. The molecule has 0 amide bonds. The van der Waals surface area contributed by atoms with Crippen molar-refractivity contribution < 1.29 is 0 Å². The molecule has 0 saturated heterocycles. The molecule has 1 aromatic carbocycles. The zero-order valence-electron chi connectivity index (χ0n) is 10.6. The van der Waals surface area contributed by atoms with Crippen LogP contribution >= 0.6 is 12.2 Å². The highest BCUT2D eigenvalue weighted by Gasteiger charge is 2.08. The van der Waals surface area contributed by atoms with E-state index in [-0.39, 0.29) is 0 Å². The van der Waals surface area contributed by atoms with Gasteiger partial charge in [-0.25, -0.2) is 0 Å². The Bertz CT molecular complexity index is 765. The minimum atomic E-state index is 0.382. The summed E-state index contributed by atoms with van der Waals surface area (Å²) in [6.07, 6.45) is 0. The number of nitrogens with two attached hydrogens (primary N) is 1. The molecule has 0 aliphatic carbocycles. The Morgan fingerprint density at radius 3 is 2.65 bits per heavy atom. The van der Waals surface area contributed by atoms with Crippen LogP contribution in [0.5, 0.6) is 0 Å². The molecular weight excluding hydrogens is 274 g/mol. The summed E-state index contributed by atoms with van der Waals surface area (Å²) >= 11 is 4.93. The van der Waals surface area contributed by atoms with Crippen LogP contribution in [-0.4, -0.2) is 37.3 Å². The highest BCUT2D eigenvalue weighted by atomic mass is 32.1. The average molecular weight is 285 g/mol. The third-order valence-electron chi connectivity index (χ3n) is 2.94. The SMILES string of the molecule is CN(c1ccc(C(N)=S)cc1)c1ccc2nnnn2n1. The fraction of sp³-hybridized carbons (Fsp3) is 0.0833. The third kappa shape index (κ3) is 2.16. The van der Waals surface area contributed by atoms with Gasteiger partial charge in [-0.2, -0.15) is 0 Å². The van der Waals surface area contributed by atoms with Crippen molar-refractivity contribution in [2.45, 2.75) is 0 Å². The number of hydrogen-bond donors (Lipinski definition) is 1. The van der Waals surface area contributed by atoms with Crippen molar-refractivity contribution in [3.63, 3.8) is 0 Å². The second-order valence-corrected chi connectivity index (χ2v) is 4.63. The molecule has 0 saturated carbocycles. The third-order valence-corrected chi connectivity index (χ3v) is 3.17. The van der Waals surface area contributed by atoms with Crippen LogP contribution in [0.15, 0.2) is 36.4 Å². The first-order chi connectivity index (χ1) is 9.65. The van der Waals surface area contributed by atoms with Gasteiger partial charge < -0.3 is 10.6 Å². The summed E-state index contributed by atoms with van der Waals surface area (Å²) in [5, 5.41) is 15.5. The Kier molecular flexibility index (Phi) is 2.99. The number of hydrogen-bond acceptors (Lipinski definition) is 6. The van der Waals surface area contributed by atoms with Crippen molar-refractivity contribution in [3.8, 4) is 0 Å². The highest BCUT2D eigenvalue weighted by molar-refractivity contribution is 7.80. The molecule has 0 fully saturated rings. The van der Waals surface area contributed by atoms with Gasteiger partial charge in [0.15, 0.2) is 11.5 Å². The van der Waals surface area contributed by atoms with E-state index >= 15 is 0 Å². The molecule has 0 unspecified atom stereocenters. The smallest absolute Gasteiger partial charge is 0.200 e. The fourth-order valence-corrected chi connectivity index (χ4v) is 1.94. The normalized spacial score (nSPS) is 10.7. The van der Waals surface area contributed by atoms with Gasteiger partial charge >= 0.3 is 0 Å². The molecule has 0 aliphatic rings. The maximum atomic E-state index is 5.58. The summed E-state index contributed by atoms with van der Waals surface area (Å²) in [6.45, 7) is 0. The standard InChI is InChI=1S/C12H11N7S/c1-18(9-4-2-8(3-5-9)12(13)20)11-7-6-10-14-16-17-19(10)15-11/h2-7H,1H3,(H2,13,20). The van der Waals surface area contributed by atoms with Gasteiger partial charge in [-0.05, 0) is 46.8 Å². The average Bonchev–Trinajstić information content (AvgIpc) is 2.94. The van der Waals surface area contributed by atoms with Crippen molar-refractivity contribution in [3.05, 3.63) is 42.0 Å². The lowest BCUT2D eigenvalue weighted by atomic mass is 10.2. The van der Waals surface area contributed by atoms with E-state index in [1.54, 1.807) is 0 Å². The molecule has 2 aromatic heterocycles. The summed E-state index contributed by atoms with van der Waals surface area (Å²) in [5.74, 6) is 0.730. The maximum Gasteiger partial charge on any atom is 0.200 e. The summed E-state index contributed by atoms with van der Waals surface area (Å²) in [7, 11) is 1.91. The summed E-state index contributed by atoms with van der Waals surface area (Å²) in [5.41, 5.74) is 7.98. The molecule has 0 atom stereocenters. The number of aromatic nitrogens is 5. The zero-order valence-corrected chi connectivity index (χ0v) is 11.4. The highest BCUT2D eigenvalue weighted by Crippen LogP contribution is 2.21. The van der Waals surface area contributed by atoms with Gasteiger partial charge in [0.2, 0.25) is 0 Å². The molecule has 0 aliphatic heterocycles. The van der Waals surface area contributed by atoms with E-state index in [4.69, 9.17) is 18.0 Å². The van der Waals surface area contributed by atoms with E-state index in [0.717, 1.165) is 17.1 Å². The topological polar surface area (TPSA) is 85.2 Å². The lowest BCUT2D eigenvalue weighted by molar-refractivity contribution is 0.731. The first-order valence-corrected chi connectivity index (χ1v) is 6.25. The van der Waals surface area contributed by atoms with Crippen LogP contribution in [0, 0.1) is 0 Å². The molecule has 0 spiro atoms. The first kappa shape index (κ1) is 12.4. The monoisotopic (exact) mass is 285 g/mol. The van der Waals surface area contributed by atoms with E-state index < -0.39 is 0 Å². The minimum absolute atomic E-state index is 0.382. The van der Waals surface area contributed by atoms with E-state index in [2.05, 4.69) is 20.6 Å². The van der Waals surface area contributed by atoms with Gasteiger partial charge in [0.05, 0.1) is 0 Å². The number of rotatable bonds is 3. The van der Waals surface area contributed by atoms with Crippen LogP contribution in [0.2, 0.25) is 0 Å². The predicted molar refractivity (Wildman–Crippen MR) is 79.0 cm³/mol. The molecule has 7 nitrogen and oxygen atoms in total. The summed E-state index contributed by atoms with van der Waals surface area (Å²) in [4.78, 5) is 2.30. The molecule has 3 rings (SSSR count). The summed E-state index contributed by atoms with van der Waals surface area (Å²) in [6, 6.07) is 11.3. The Hall–Kier alpha value is -2.61. The Morgan fingerprint density at radius 1 is 1.20 bits per heavy atom. The molecule has 2 N–H and O–H groups in total. The zero-order chi connectivity index (χ0) is 14.1. The minimum Gasteiger partial charge on any atom is -0.389 e. The van der Waals surface area contributed by atoms with E-state index in [1.807, 2.05) is 48.3 Å². The van der Waals surface area contributed by atoms with Crippen molar-refractivity contribution in [1.29, 1.82) is 0 Å². The van der Waals surface area contributed by atoms with Gasteiger partial charge in [-0.1, -0.05) is 12.2 Å². The number of thiocarbonyl (C=S) groups is 1. The van der Waals surface area contributed by atoms with E-state index in [9.17, 15) is 0 Å². The molecule has 0 bridgehead atoms.